The van der Waals surface area contributed by atoms with Crippen LogP contribution in [0.4, 0.5) is 23.2 Å². The summed E-state index contributed by atoms with van der Waals surface area (Å²) in [5, 5.41) is 2.45. The predicted octanol–water partition coefficient (Wildman–Crippen LogP) is 5.45. The van der Waals surface area contributed by atoms with E-state index in [1.807, 2.05) is 0 Å². The van der Waals surface area contributed by atoms with Crippen molar-refractivity contribution < 1.29 is 22.4 Å². The third kappa shape index (κ3) is 4.48. The van der Waals surface area contributed by atoms with Crippen LogP contribution >= 0.6 is 27.7 Å². The first kappa shape index (κ1) is 16.8. The summed E-state index contributed by atoms with van der Waals surface area (Å²) < 4.78 is 50.8. The number of halogens is 5. The van der Waals surface area contributed by atoms with Crippen LogP contribution in [0, 0.1) is 5.82 Å². The van der Waals surface area contributed by atoms with Crippen molar-refractivity contribution in [3.8, 4) is 0 Å². The van der Waals surface area contributed by atoms with Crippen LogP contribution in [0.5, 0.6) is 0 Å². The molecule has 0 aliphatic carbocycles. The van der Waals surface area contributed by atoms with E-state index < -0.39 is 17.2 Å². The Bertz CT molecular complexity index is 705. The summed E-state index contributed by atoms with van der Waals surface area (Å²) in [6.45, 7) is 0. The average Bonchev–Trinajstić information content (AvgIpc) is 2.40. The van der Waals surface area contributed by atoms with Gasteiger partial charge in [0, 0.05) is 9.37 Å². The van der Waals surface area contributed by atoms with E-state index >= 15 is 0 Å². The molecule has 0 aliphatic rings. The Morgan fingerprint density at radius 3 is 2.45 bits per heavy atom. The Morgan fingerprint density at radius 1 is 1.14 bits per heavy atom. The van der Waals surface area contributed by atoms with Gasteiger partial charge in [-0.25, -0.2) is 4.39 Å². The fourth-order valence-corrected chi connectivity index (χ4v) is 2.77. The van der Waals surface area contributed by atoms with Gasteiger partial charge in [0.2, 0.25) is 0 Å². The second kappa shape index (κ2) is 6.70. The highest BCUT2D eigenvalue weighted by Crippen LogP contribution is 2.38. The molecule has 0 saturated heterocycles. The van der Waals surface area contributed by atoms with Gasteiger partial charge >= 0.3 is 5.51 Å². The van der Waals surface area contributed by atoms with Crippen LogP contribution in [-0.2, 0) is 0 Å². The lowest BCUT2D eigenvalue weighted by Gasteiger charge is -2.12. The molecule has 2 rings (SSSR count). The smallest absolute Gasteiger partial charge is 0.321 e. The zero-order valence-electron chi connectivity index (χ0n) is 10.7. The lowest BCUT2D eigenvalue weighted by atomic mass is 10.2. The largest absolute Gasteiger partial charge is 0.446 e. The monoisotopic (exact) mass is 393 g/mol. The lowest BCUT2D eigenvalue weighted by Crippen LogP contribution is -2.14. The third-order valence-corrected chi connectivity index (χ3v) is 4.00. The van der Waals surface area contributed by atoms with E-state index in [2.05, 4.69) is 21.2 Å². The Labute approximate surface area is 136 Å². The minimum atomic E-state index is -4.49. The fraction of sp³-hybridized carbons (Fsp3) is 0.0714. The molecule has 2 aromatic carbocycles. The van der Waals surface area contributed by atoms with Crippen LogP contribution in [0.15, 0.2) is 51.8 Å². The second-order valence-corrected chi connectivity index (χ2v) is 6.08. The summed E-state index contributed by atoms with van der Waals surface area (Å²) in [6.07, 6.45) is 0. The van der Waals surface area contributed by atoms with Crippen molar-refractivity contribution in [2.45, 2.75) is 10.4 Å². The van der Waals surface area contributed by atoms with Crippen LogP contribution in [0.3, 0.4) is 0 Å². The number of benzene rings is 2. The Hall–Kier alpha value is -1.54. The van der Waals surface area contributed by atoms with E-state index in [-0.39, 0.29) is 27.9 Å². The summed E-state index contributed by atoms with van der Waals surface area (Å²) >= 11 is 2.72. The van der Waals surface area contributed by atoms with Gasteiger partial charge in [-0.2, -0.15) is 13.2 Å². The molecule has 0 aliphatic heterocycles. The summed E-state index contributed by atoms with van der Waals surface area (Å²) in [6, 6.07) is 8.99. The van der Waals surface area contributed by atoms with E-state index in [1.54, 1.807) is 0 Å². The van der Waals surface area contributed by atoms with Gasteiger partial charge < -0.3 is 5.32 Å². The normalized spacial score (nSPS) is 11.3. The Morgan fingerprint density at radius 2 is 1.82 bits per heavy atom. The van der Waals surface area contributed by atoms with Gasteiger partial charge in [-0.05, 0) is 58.0 Å². The highest BCUT2D eigenvalue weighted by atomic mass is 79.9. The molecule has 0 radical (unpaired) electrons. The van der Waals surface area contributed by atoms with Crippen LogP contribution in [0.2, 0.25) is 0 Å². The second-order valence-electron chi connectivity index (χ2n) is 4.12. The molecule has 0 unspecified atom stereocenters. The molecule has 0 bridgehead atoms. The molecule has 0 aromatic heterocycles. The zero-order chi connectivity index (χ0) is 16.3. The molecule has 0 spiro atoms. The molecule has 116 valence electrons. The highest BCUT2D eigenvalue weighted by molar-refractivity contribution is 9.10. The number of anilines is 1. The van der Waals surface area contributed by atoms with Gasteiger partial charge in [0.05, 0.1) is 11.3 Å². The van der Waals surface area contributed by atoms with E-state index in [0.717, 1.165) is 12.1 Å². The van der Waals surface area contributed by atoms with Gasteiger partial charge in [-0.3, -0.25) is 4.79 Å². The number of carbonyl (C=O) groups is 1. The third-order valence-electron chi connectivity index (χ3n) is 2.54. The fourth-order valence-electron chi connectivity index (χ4n) is 1.65. The van der Waals surface area contributed by atoms with Crippen LogP contribution < -0.4 is 5.32 Å². The predicted molar refractivity (Wildman–Crippen MR) is 80.4 cm³/mol. The number of hydrogen-bond donors (Lipinski definition) is 1. The molecule has 0 fully saturated rings. The van der Waals surface area contributed by atoms with Crippen molar-refractivity contribution in [2.24, 2.45) is 0 Å². The van der Waals surface area contributed by atoms with Gasteiger partial charge in [0.25, 0.3) is 5.91 Å². The maximum absolute atomic E-state index is 13.0. The molecular weight excluding hydrogens is 386 g/mol. The van der Waals surface area contributed by atoms with Gasteiger partial charge in [0.1, 0.15) is 5.82 Å². The van der Waals surface area contributed by atoms with Crippen molar-refractivity contribution in [3.05, 3.63) is 58.3 Å². The number of nitrogens with one attached hydrogen (secondary N) is 1. The summed E-state index contributed by atoms with van der Waals surface area (Å²) in [7, 11) is 0. The Balaban J connectivity index is 2.26. The molecule has 1 N–H and O–H groups in total. The van der Waals surface area contributed by atoms with Crippen LogP contribution in [0.1, 0.15) is 10.4 Å². The maximum atomic E-state index is 13.0. The number of carbonyl (C=O) groups excluding carboxylic acids is 1. The number of hydrogen-bond acceptors (Lipinski definition) is 2. The van der Waals surface area contributed by atoms with Gasteiger partial charge in [-0.1, -0.05) is 12.1 Å². The SMILES string of the molecule is O=C(Nc1ccc(F)cc1Br)c1ccccc1SC(F)(F)F. The van der Waals surface area contributed by atoms with Crippen molar-refractivity contribution in [3.63, 3.8) is 0 Å². The lowest BCUT2D eigenvalue weighted by molar-refractivity contribution is -0.0328. The molecule has 0 saturated carbocycles. The van der Waals surface area contributed by atoms with Crippen LogP contribution in [-0.4, -0.2) is 11.4 Å². The zero-order valence-corrected chi connectivity index (χ0v) is 13.2. The van der Waals surface area contributed by atoms with Crippen molar-refractivity contribution in [1.29, 1.82) is 0 Å². The molecule has 22 heavy (non-hydrogen) atoms. The average molecular weight is 394 g/mol. The molecule has 8 heteroatoms. The van der Waals surface area contributed by atoms with Gasteiger partial charge in [-0.15, -0.1) is 0 Å². The summed E-state index contributed by atoms with van der Waals surface area (Å²) in [4.78, 5) is 11.9. The van der Waals surface area contributed by atoms with E-state index in [1.165, 1.54) is 30.3 Å². The first-order valence-electron chi connectivity index (χ1n) is 5.87. The first-order valence-corrected chi connectivity index (χ1v) is 7.48. The minimum absolute atomic E-state index is 0.110. The maximum Gasteiger partial charge on any atom is 0.446 e. The molecule has 0 heterocycles. The summed E-state index contributed by atoms with van der Waals surface area (Å²) in [5.74, 6) is -1.21. The van der Waals surface area contributed by atoms with Gasteiger partial charge in [0.15, 0.2) is 0 Å². The Kier molecular flexibility index (Phi) is 5.12. The van der Waals surface area contributed by atoms with Crippen LogP contribution in [0.25, 0.3) is 0 Å². The molecule has 2 aromatic rings. The van der Waals surface area contributed by atoms with Crippen molar-refractivity contribution in [2.75, 3.05) is 5.32 Å². The highest BCUT2D eigenvalue weighted by Gasteiger charge is 2.31. The number of alkyl halides is 3. The summed E-state index contributed by atoms with van der Waals surface area (Å²) in [5.41, 5.74) is -4.34. The number of amides is 1. The quantitative estimate of drug-likeness (QED) is 0.554. The van der Waals surface area contributed by atoms with E-state index in [9.17, 15) is 22.4 Å². The topological polar surface area (TPSA) is 29.1 Å². The molecule has 0 atom stereocenters. The molecule has 2 nitrogen and oxygen atoms in total. The number of thioether (sulfide) groups is 1. The molecule has 1 amide bonds. The standard InChI is InChI=1S/C14H8BrF4NOS/c15-10-7-8(16)5-6-11(10)20-13(21)9-3-1-2-4-12(9)22-14(17,18)19/h1-7H,(H,20,21). The van der Waals surface area contributed by atoms with E-state index in [0.29, 0.717) is 4.47 Å². The molecular formula is C14H8BrF4NOS. The number of rotatable bonds is 3. The van der Waals surface area contributed by atoms with Crippen molar-refractivity contribution in [1.82, 2.24) is 0 Å². The first-order chi connectivity index (χ1) is 10.3. The minimum Gasteiger partial charge on any atom is -0.321 e. The van der Waals surface area contributed by atoms with Crippen molar-refractivity contribution >= 4 is 39.3 Å². The van der Waals surface area contributed by atoms with E-state index in [4.69, 9.17) is 0 Å².